The topological polar surface area (TPSA) is 24.4 Å². The standard InChI is InChI=1S/C16H22N2S/c1-13-4-6-14(7-5-13)10-17-15-18-11-16(12-19-15)8-2-3-9-16/h4-7H,2-3,8-12H2,1H3,(H,17,18). The Hall–Kier alpha value is -0.960. The molecule has 0 bridgehead atoms. The third-order valence-electron chi connectivity index (χ3n) is 4.30. The molecule has 1 aliphatic carbocycles. The molecule has 0 unspecified atom stereocenters. The highest BCUT2D eigenvalue weighted by atomic mass is 32.2. The Morgan fingerprint density at radius 2 is 1.95 bits per heavy atom. The molecular weight excluding hydrogens is 252 g/mol. The van der Waals surface area contributed by atoms with Crippen molar-refractivity contribution in [2.24, 2.45) is 10.4 Å². The fraction of sp³-hybridized carbons (Fsp3) is 0.562. The molecule has 1 fully saturated rings. The van der Waals surface area contributed by atoms with E-state index in [4.69, 9.17) is 4.99 Å². The summed E-state index contributed by atoms with van der Waals surface area (Å²) in [4.78, 5) is 4.77. The predicted molar refractivity (Wildman–Crippen MR) is 83.7 cm³/mol. The Kier molecular flexibility index (Phi) is 3.83. The summed E-state index contributed by atoms with van der Waals surface area (Å²) >= 11 is 1.92. The molecule has 0 radical (unpaired) electrons. The summed E-state index contributed by atoms with van der Waals surface area (Å²) in [5.74, 6) is 1.26. The normalized spacial score (nSPS) is 21.4. The van der Waals surface area contributed by atoms with E-state index in [1.54, 1.807) is 0 Å². The summed E-state index contributed by atoms with van der Waals surface area (Å²) in [5, 5.41) is 4.61. The van der Waals surface area contributed by atoms with Gasteiger partial charge in [-0.1, -0.05) is 54.4 Å². The van der Waals surface area contributed by atoms with Crippen LogP contribution < -0.4 is 5.32 Å². The molecule has 0 amide bonds. The number of aliphatic imine (C=N–C) groups is 1. The monoisotopic (exact) mass is 274 g/mol. The first kappa shape index (κ1) is 13.0. The minimum absolute atomic E-state index is 0.541. The molecule has 2 nitrogen and oxygen atoms in total. The van der Waals surface area contributed by atoms with Crippen LogP contribution in [0, 0.1) is 12.3 Å². The van der Waals surface area contributed by atoms with Gasteiger partial charge in [0.15, 0.2) is 5.17 Å². The first-order valence-electron chi connectivity index (χ1n) is 7.23. The van der Waals surface area contributed by atoms with Crippen molar-refractivity contribution < 1.29 is 0 Å². The highest BCUT2D eigenvalue weighted by Gasteiger charge is 2.36. The molecule has 0 saturated heterocycles. The highest BCUT2D eigenvalue weighted by molar-refractivity contribution is 8.13. The van der Waals surface area contributed by atoms with Gasteiger partial charge in [0.25, 0.3) is 0 Å². The summed E-state index contributed by atoms with van der Waals surface area (Å²) in [6.45, 7) is 4.05. The molecule has 1 saturated carbocycles. The Morgan fingerprint density at radius 3 is 2.58 bits per heavy atom. The van der Waals surface area contributed by atoms with Gasteiger partial charge in [0, 0.05) is 18.8 Å². The molecule has 1 heterocycles. The summed E-state index contributed by atoms with van der Waals surface area (Å²) < 4.78 is 0. The van der Waals surface area contributed by atoms with Gasteiger partial charge in [0.05, 0.1) is 0 Å². The van der Waals surface area contributed by atoms with E-state index in [2.05, 4.69) is 36.5 Å². The van der Waals surface area contributed by atoms with Crippen LogP contribution >= 0.6 is 11.8 Å². The number of nitrogens with one attached hydrogen (secondary N) is 1. The highest BCUT2D eigenvalue weighted by Crippen LogP contribution is 2.43. The zero-order chi connectivity index (χ0) is 13.1. The summed E-state index contributed by atoms with van der Waals surface area (Å²) in [7, 11) is 0. The summed E-state index contributed by atoms with van der Waals surface area (Å²) in [6.07, 6.45) is 5.58. The SMILES string of the molecule is Cc1ccc(CNC2=NCC3(CCCC3)CS2)cc1. The number of hydrogen-bond donors (Lipinski definition) is 1. The van der Waals surface area contributed by atoms with Gasteiger partial charge in [-0.15, -0.1) is 0 Å². The number of nitrogens with zero attached hydrogens (tertiary/aromatic N) is 1. The second kappa shape index (κ2) is 5.58. The molecule has 1 aromatic carbocycles. The number of hydrogen-bond acceptors (Lipinski definition) is 3. The third kappa shape index (κ3) is 3.14. The van der Waals surface area contributed by atoms with Crippen LogP contribution in [-0.2, 0) is 6.54 Å². The molecular formula is C16H22N2S. The van der Waals surface area contributed by atoms with Gasteiger partial charge in [-0.05, 0) is 30.7 Å². The molecule has 2 aliphatic rings. The largest absolute Gasteiger partial charge is 0.361 e. The van der Waals surface area contributed by atoms with Gasteiger partial charge in [0.1, 0.15) is 0 Å². The first-order chi connectivity index (χ1) is 9.26. The van der Waals surface area contributed by atoms with Crippen molar-refractivity contribution in [2.45, 2.75) is 39.2 Å². The van der Waals surface area contributed by atoms with Gasteiger partial charge in [-0.25, -0.2) is 0 Å². The Balaban J connectivity index is 1.54. The van der Waals surface area contributed by atoms with Crippen LogP contribution in [0.3, 0.4) is 0 Å². The number of aryl methyl sites for hydroxylation is 1. The molecule has 1 aliphatic heterocycles. The second-order valence-electron chi connectivity index (χ2n) is 5.96. The van der Waals surface area contributed by atoms with E-state index < -0.39 is 0 Å². The average Bonchev–Trinajstić information content (AvgIpc) is 2.89. The van der Waals surface area contributed by atoms with Crippen LogP contribution in [0.4, 0.5) is 0 Å². The maximum absolute atomic E-state index is 4.77. The lowest BCUT2D eigenvalue weighted by atomic mass is 9.89. The first-order valence-corrected chi connectivity index (χ1v) is 8.21. The quantitative estimate of drug-likeness (QED) is 0.888. The second-order valence-corrected chi connectivity index (χ2v) is 6.92. The molecule has 1 spiro atoms. The molecule has 102 valence electrons. The molecule has 0 aromatic heterocycles. The van der Waals surface area contributed by atoms with Crippen molar-refractivity contribution in [3.8, 4) is 0 Å². The average molecular weight is 274 g/mol. The summed E-state index contributed by atoms with van der Waals surface area (Å²) in [6, 6.07) is 8.71. The van der Waals surface area contributed by atoms with Crippen molar-refractivity contribution in [3.05, 3.63) is 35.4 Å². The maximum Gasteiger partial charge on any atom is 0.156 e. The molecule has 1 aromatic rings. The zero-order valence-electron chi connectivity index (χ0n) is 11.6. The van der Waals surface area contributed by atoms with Crippen molar-refractivity contribution >= 4 is 16.9 Å². The van der Waals surface area contributed by atoms with Crippen molar-refractivity contribution in [1.29, 1.82) is 0 Å². The number of benzene rings is 1. The van der Waals surface area contributed by atoms with Crippen molar-refractivity contribution in [1.82, 2.24) is 5.32 Å². The lowest BCUT2D eigenvalue weighted by Crippen LogP contribution is -2.33. The van der Waals surface area contributed by atoms with Crippen LogP contribution in [0.1, 0.15) is 36.8 Å². The van der Waals surface area contributed by atoms with Gasteiger partial charge >= 0.3 is 0 Å². The fourth-order valence-corrected chi connectivity index (χ4v) is 4.12. The number of rotatable bonds is 2. The van der Waals surface area contributed by atoms with Crippen molar-refractivity contribution in [2.75, 3.05) is 12.3 Å². The molecule has 3 heteroatoms. The van der Waals surface area contributed by atoms with Crippen LogP contribution in [0.2, 0.25) is 0 Å². The smallest absolute Gasteiger partial charge is 0.156 e. The zero-order valence-corrected chi connectivity index (χ0v) is 12.4. The number of amidine groups is 1. The van der Waals surface area contributed by atoms with E-state index in [9.17, 15) is 0 Å². The minimum atomic E-state index is 0.541. The van der Waals surface area contributed by atoms with E-state index in [1.807, 2.05) is 11.8 Å². The van der Waals surface area contributed by atoms with Gasteiger partial charge in [-0.2, -0.15) is 0 Å². The maximum atomic E-state index is 4.77. The predicted octanol–water partition coefficient (Wildman–Crippen LogP) is 3.75. The van der Waals surface area contributed by atoms with Crippen molar-refractivity contribution in [3.63, 3.8) is 0 Å². The van der Waals surface area contributed by atoms with E-state index in [0.717, 1.165) is 18.3 Å². The van der Waals surface area contributed by atoms with Crippen LogP contribution in [-0.4, -0.2) is 17.5 Å². The lowest BCUT2D eigenvalue weighted by molar-refractivity contribution is 0.358. The molecule has 1 N–H and O–H groups in total. The summed E-state index contributed by atoms with van der Waals surface area (Å²) in [5.41, 5.74) is 3.19. The Morgan fingerprint density at radius 1 is 1.21 bits per heavy atom. The fourth-order valence-electron chi connectivity index (χ4n) is 2.97. The van der Waals surface area contributed by atoms with E-state index in [0.29, 0.717) is 5.41 Å². The van der Waals surface area contributed by atoms with E-state index >= 15 is 0 Å². The third-order valence-corrected chi connectivity index (χ3v) is 5.61. The van der Waals surface area contributed by atoms with Crippen LogP contribution in [0.15, 0.2) is 29.3 Å². The van der Waals surface area contributed by atoms with E-state index in [-0.39, 0.29) is 0 Å². The van der Waals surface area contributed by atoms with Crippen LogP contribution in [0.25, 0.3) is 0 Å². The van der Waals surface area contributed by atoms with Crippen LogP contribution in [0.5, 0.6) is 0 Å². The lowest BCUT2D eigenvalue weighted by Gasteiger charge is -2.31. The molecule has 19 heavy (non-hydrogen) atoms. The van der Waals surface area contributed by atoms with Gasteiger partial charge in [0.2, 0.25) is 0 Å². The van der Waals surface area contributed by atoms with Gasteiger partial charge < -0.3 is 5.32 Å². The Bertz CT molecular complexity index is 458. The molecule has 3 rings (SSSR count). The van der Waals surface area contributed by atoms with Gasteiger partial charge in [-0.3, -0.25) is 4.99 Å². The molecule has 0 atom stereocenters. The number of thioether (sulfide) groups is 1. The van der Waals surface area contributed by atoms with E-state index in [1.165, 1.54) is 42.6 Å². The minimum Gasteiger partial charge on any atom is -0.361 e. The Labute approximate surface area is 120 Å².